The molecule has 1 aromatic rings. The van der Waals surface area contributed by atoms with E-state index in [9.17, 15) is 4.79 Å². The second kappa shape index (κ2) is 7.96. The van der Waals surface area contributed by atoms with Gasteiger partial charge in [-0.05, 0) is 25.3 Å². The number of carbonyl (C=O) groups excluding carboxylic acids is 1. The predicted molar refractivity (Wildman–Crippen MR) is 91.8 cm³/mol. The Labute approximate surface area is 143 Å². The van der Waals surface area contributed by atoms with Crippen LogP contribution in [-0.2, 0) is 11.3 Å². The summed E-state index contributed by atoms with van der Waals surface area (Å²) in [5.41, 5.74) is 2.31. The van der Waals surface area contributed by atoms with E-state index >= 15 is 0 Å². The molecular formula is C18H27N3O3. The van der Waals surface area contributed by atoms with Crippen LogP contribution in [0, 0.1) is 6.92 Å². The highest BCUT2D eigenvalue weighted by atomic mass is 16.5. The van der Waals surface area contributed by atoms with Crippen molar-refractivity contribution in [3.05, 3.63) is 35.4 Å². The molecule has 3 atom stereocenters. The number of aryl methyl sites for hydroxylation is 1. The SMILES string of the molecule is Cc1ccc(CNC(=O)N[C@@H]2C[C@H]3CO[C@@H](CCO)CN3C2)cc1. The van der Waals surface area contributed by atoms with Crippen molar-refractivity contribution in [2.45, 2.75) is 44.5 Å². The normalized spacial score (nSPS) is 26.8. The van der Waals surface area contributed by atoms with Gasteiger partial charge in [0.25, 0.3) is 0 Å². The zero-order chi connectivity index (χ0) is 16.9. The topological polar surface area (TPSA) is 73.8 Å². The summed E-state index contributed by atoms with van der Waals surface area (Å²) in [7, 11) is 0. The summed E-state index contributed by atoms with van der Waals surface area (Å²) in [5.74, 6) is 0. The zero-order valence-electron chi connectivity index (χ0n) is 14.2. The van der Waals surface area contributed by atoms with Crippen LogP contribution in [0.15, 0.2) is 24.3 Å². The van der Waals surface area contributed by atoms with Crippen molar-refractivity contribution >= 4 is 6.03 Å². The standard InChI is InChI=1S/C18H27N3O3/c1-13-2-4-14(5-3-13)9-19-18(23)20-15-8-16-12-24-17(6-7-22)11-21(16)10-15/h2-5,15-17,22H,6-12H2,1H3,(H2,19,20,23)/t15-,16+,17+/m1/s1. The van der Waals surface area contributed by atoms with Crippen LogP contribution in [-0.4, -0.2) is 60.5 Å². The Bertz CT molecular complexity index is 549. The van der Waals surface area contributed by atoms with Crippen LogP contribution < -0.4 is 10.6 Å². The first kappa shape index (κ1) is 17.2. The van der Waals surface area contributed by atoms with Crippen molar-refractivity contribution in [3.8, 4) is 0 Å². The van der Waals surface area contributed by atoms with Crippen LogP contribution in [0.25, 0.3) is 0 Å². The third kappa shape index (κ3) is 4.47. The molecule has 2 fully saturated rings. The van der Waals surface area contributed by atoms with E-state index in [4.69, 9.17) is 9.84 Å². The summed E-state index contributed by atoms with van der Waals surface area (Å²) in [6.45, 7) is 5.13. The number of ether oxygens (including phenoxy) is 1. The number of aliphatic hydroxyl groups is 1. The van der Waals surface area contributed by atoms with Gasteiger partial charge >= 0.3 is 6.03 Å². The van der Waals surface area contributed by atoms with Gasteiger partial charge in [0.1, 0.15) is 0 Å². The quantitative estimate of drug-likeness (QED) is 0.752. The van der Waals surface area contributed by atoms with Gasteiger partial charge in [0, 0.05) is 38.3 Å². The van der Waals surface area contributed by atoms with E-state index in [-0.39, 0.29) is 24.8 Å². The van der Waals surface area contributed by atoms with Crippen molar-refractivity contribution in [2.75, 3.05) is 26.3 Å². The number of amides is 2. The van der Waals surface area contributed by atoms with Crippen LogP contribution in [0.2, 0.25) is 0 Å². The molecule has 0 unspecified atom stereocenters. The Morgan fingerprint density at radius 2 is 2.12 bits per heavy atom. The second-order valence-electron chi connectivity index (χ2n) is 6.82. The molecule has 2 aliphatic rings. The summed E-state index contributed by atoms with van der Waals surface area (Å²) in [5, 5.41) is 15.0. The van der Waals surface area contributed by atoms with Crippen molar-refractivity contribution < 1.29 is 14.6 Å². The van der Waals surface area contributed by atoms with Crippen LogP contribution >= 0.6 is 0 Å². The van der Waals surface area contributed by atoms with E-state index in [0.717, 1.165) is 25.1 Å². The fourth-order valence-corrected chi connectivity index (χ4v) is 3.49. The molecule has 1 aromatic carbocycles. The van der Waals surface area contributed by atoms with Gasteiger partial charge in [-0.1, -0.05) is 29.8 Å². The van der Waals surface area contributed by atoms with Gasteiger partial charge in [-0.2, -0.15) is 0 Å². The van der Waals surface area contributed by atoms with E-state index in [1.165, 1.54) is 5.56 Å². The minimum atomic E-state index is -0.117. The van der Waals surface area contributed by atoms with Gasteiger partial charge in [0.2, 0.25) is 0 Å². The van der Waals surface area contributed by atoms with E-state index in [1.54, 1.807) is 0 Å². The largest absolute Gasteiger partial charge is 0.396 e. The highest BCUT2D eigenvalue weighted by Gasteiger charge is 2.37. The number of morpholine rings is 1. The monoisotopic (exact) mass is 333 g/mol. The molecule has 3 rings (SSSR count). The molecule has 132 valence electrons. The lowest BCUT2D eigenvalue weighted by molar-refractivity contribution is -0.0566. The van der Waals surface area contributed by atoms with Crippen LogP contribution in [0.1, 0.15) is 24.0 Å². The van der Waals surface area contributed by atoms with Crippen LogP contribution in [0.4, 0.5) is 4.79 Å². The summed E-state index contributed by atoms with van der Waals surface area (Å²) < 4.78 is 5.77. The number of nitrogens with one attached hydrogen (secondary N) is 2. The molecule has 0 aliphatic carbocycles. The van der Waals surface area contributed by atoms with Crippen LogP contribution in [0.3, 0.4) is 0 Å². The maximum absolute atomic E-state index is 12.1. The second-order valence-corrected chi connectivity index (χ2v) is 6.82. The maximum Gasteiger partial charge on any atom is 0.315 e. The maximum atomic E-state index is 12.1. The highest BCUT2D eigenvalue weighted by molar-refractivity contribution is 5.74. The van der Waals surface area contributed by atoms with Gasteiger partial charge in [-0.3, -0.25) is 4.90 Å². The van der Waals surface area contributed by atoms with Gasteiger partial charge in [0.05, 0.1) is 12.7 Å². The Kier molecular flexibility index (Phi) is 5.71. The molecular weight excluding hydrogens is 306 g/mol. The number of aliphatic hydroxyl groups excluding tert-OH is 1. The molecule has 0 spiro atoms. The Hall–Kier alpha value is -1.63. The summed E-state index contributed by atoms with van der Waals surface area (Å²) in [6.07, 6.45) is 1.71. The number of hydrogen-bond acceptors (Lipinski definition) is 4. The smallest absolute Gasteiger partial charge is 0.315 e. The third-order valence-corrected chi connectivity index (χ3v) is 4.85. The highest BCUT2D eigenvalue weighted by Crippen LogP contribution is 2.24. The average Bonchev–Trinajstić information content (AvgIpc) is 2.96. The van der Waals surface area contributed by atoms with Crippen molar-refractivity contribution in [2.24, 2.45) is 0 Å². The molecule has 2 saturated heterocycles. The Morgan fingerprint density at radius 1 is 1.33 bits per heavy atom. The van der Waals surface area contributed by atoms with Gasteiger partial charge < -0.3 is 20.5 Å². The Morgan fingerprint density at radius 3 is 2.88 bits per heavy atom. The fraction of sp³-hybridized carbons (Fsp3) is 0.611. The lowest BCUT2D eigenvalue weighted by Crippen LogP contribution is -2.47. The van der Waals surface area contributed by atoms with Crippen molar-refractivity contribution in [3.63, 3.8) is 0 Å². The number of rotatable bonds is 5. The number of urea groups is 1. The molecule has 0 radical (unpaired) electrons. The molecule has 24 heavy (non-hydrogen) atoms. The lowest BCUT2D eigenvalue weighted by Gasteiger charge is -2.34. The summed E-state index contributed by atoms with van der Waals surface area (Å²) in [4.78, 5) is 14.5. The minimum absolute atomic E-state index is 0.111. The molecule has 2 amide bonds. The van der Waals surface area contributed by atoms with Gasteiger partial charge in [0.15, 0.2) is 0 Å². The zero-order valence-corrected chi connectivity index (χ0v) is 14.2. The third-order valence-electron chi connectivity index (χ3n) is 4.85. The Balaban J connectivity index is 1.42. The first-order valence-electron chi connectivity index (χ1n) is 8.70. The molecule has 6 heteroatoms. The predicted octanol–water partition coefficient (Wildman–Crippen LogP) is 1.02. The minimum Gasteiger partial charge on any atom is -0.396 e. The fourth-order valence-electron chi connectivity index (χ4n) is 3.49. The van der Waals surface area contributed by atoms with Crippen molar-refractivity contribution in [1.29, 1.82) is 0 Å². The van der Waals surface area contributed by atoms with E-state index in [1.807, 2.05) is 31.2 Å². The molecule has 2 aliphatic heterocycles. The van der Waals surface area contributed by atoms with Crippen LogP contribution in [0.5, 0.6) is 0 Å². The lowest BCUT2D eigenvalue weighted by atomic mass is 10.1. The number of nitrogens with zero attached hydrogens (tertiary/aromatic N) is 1. The van der Waals surface area contributed by atoms with E-state index in [0.29, 0.717) is 25.6 Å². The number of benzene rings is 1. The number of hydrogen-bond donors (Lipinski definition) is 3. The van der Waals surface area contributed by atoms with Gasteiger partial charge in [-0.15, -0.1) is 0 Å². The van der Waals surface area contributed by atoms with E-state index < -0.39 is 0 Å². The average molecular weight is 333 g/mol. The molecule has 0 aromatic heterocycles. The first-order valence-corrected chi connectivity index (χ1v) is 8.70. The molecule has 3 N–H and O–H groups in total. The molecule has 0 saturated carbocycles. The molecule has 6 nitrogen and oxygen atoms in total. The first-order chi connectivity index (χ1) is 11.6. The molecule has 2 heterocycles. The number of carbonyl (C=O) groups is 1. The number of fused-ring (bicyclic) bond motifs is 1. The molecule has 0 bridgehead atoms. The summed E-state index contributed by atoms with van der Waals surface area (Å²) >= 11 is 0. The van der Waals surface area contributed by atoms with Gasteiger partial charge in [-0.25, -0.2) is 4.79 Å². The summed E-state index contributed by atoms with van der Waals surface area (Å²) in [6, 6.07) is 8.58. The van der Waals surface area contributed by atoms with Crippen molar-refractivity contribution in [1.82, 2.24) is 15.5 Å². The van der Waals surface area contributed by atoms with E-state index in [2.05, 4.69) is 15.5 Å².